The molecule has 0 aromatic heterocycles. The lowest BCUT2D eigenvalue weighted by atomic mass is 10.1. The average Bonchev–Trinajstić information content (AvgIpc) is 2.28. The summed E-state index contributed by atoms with van der Waals surface area (Å²) in [6.07, 6.45) is 1.22. The first kappa shape index (κ1) is 8.73. The van der Waals surface area contributed by atoms with Crippen LogP contribution in [0.25, 0.3) is 0 Å². The van der Waals surface area contributed by atoms with E-state index in [2.05, 4.69) is 34.9 Å². The van der Waals surface area contributed by atoms with Crippen LogP contribution in [0.4, 0.5) is 0 Å². The van der Waals surface area contributed by atoms with Gasteiger partial charge in [-0.15, -0.1) is 0 Å². The van der Waals surface area contributed by atoms with Crippen molar-refractivity contribution in [2.75, 3.05) is 13.1 Å². The Kier molecular flexibility index (Phi) is 2.95. The molecule has 0 saturated carbocycles. The van der Waals surface area contributed by atoms with E-state index < -0.39 is 0 Å². The predicted molar refractivity (Wildman–Crippen MR) is 54.5 cm³/mol. The molecule has 0 saturated heterocycles. The van der Waals surface area contributed by atoms with E-state index in [1.54, 1.807) is 0 Å². The molecule has 2 heteroatoms. The first-order valence-electron chi connectivity index (χ1n) is 4.95. The Morgan fingerprint density at radius 1 is 0.846 bits per heavy atom. The summed E-state index contributed by atoms with van der Waals surface area (Å²) in [4.78, 5) is 0. The second kappa shape index (κ2) is 4.40. The minimum atomic E-state index is 1.01. The molecular formula is C11H16N2. The third-order valence-corrected chi connectivity index (χ3v) is 2.46. The van der Waals surface area contributed by atoms with E-state index in [0.717, 1.165) is 26.2 Å². The highest BCUT2D eigenvalue weighted by Gasteiger charge is 2.02. The molecule has 0 unspecified atom stereocenters. The highest BCUT2D eigenvalue weighted by Crippen LogP contribution is 2.08. The maximum atomic E-state index is 3.44. The van der Waals surface area contributed by atoms with Gasteiger partial charge in [0, 0.05) is 13.1 Å². The van der Waals surface area contributed by atoms with Crippen molar-refractivity contribution in [2.45, 2.75) is 19.5 Å². The fourth-order valence-corrected chi connectivity index (χ4v) is 1.69. The highest BCUT2D eigenvalue weighted by atomic mass is 14.9. The van der Waals surface area contributed by atoms with Gasteiger partial charge in [-0.1, -0.05) is 24.3 Å². The molecule has 1 aliphatic rings. The van der Waals surface area contributed by atoms with Gasteiger partial charge in [-0.3, -0.25) is 0 Å². The van der Waals surface area contributed by atoms with Crippen LogP contribution in [0.1, 0.15) is 17.5 Å². The lowest BCUT2D eigenvalue weighted by Crippen LogP contribution is -2.17. The number of nitrogens with one attached hydrogen (secondary N) is 2. The van der Waals surface area contributed by atoms with Crippen molar-refractivity contribution in [3.05, 3.63) is 35.4 Å². The van der Waals surface area contributed by atoms with Crippen molar-refractivity contribution in [1.82, 2.24) is 10.6 Å². The molecule has 0 bridgehead atoms. The van der Waals surface area contributed by atoms with E-state index >= 15 is 0 Å². The van der Waals surface area contributed by atoms with Crippen LogP contribution < -0.4 is 10.6 Å². The van der Waals surface area contributed by atoms with E-state index in [4.69, 9.17) is 0 Å². The van der Waals surface area contributed by atoms with Gasteiger partial charge in [-0.05, 0) is 30.6 Å². The van der Waals surface area contributed by atoms with Crippen LogP contribution in [0.2, 0.25) is 0 Å². The van der Waals surface area contributed by atoms with E-state index in [0.29, 0.717) is 0 Å². The Hall–Kier alpha value is -0.860. The van der Waals surface area contributed by atoms with Gasteiger partial charge >= 0.3 is 0 Å². The predicted octanol–water partition coefficient (Wildman–Crippen LogP) is 1.27. The van der Waals surface area contributed by atoms with Crippen molar-refractivity contribution in [1.29, 1.82) is 0 Å². The maximum absolute atomic E-state index is 3.44. The first-order valence-corrected chi connectivity index (χ1v) is 4.95. The SMILES string of the molecule is c1ccc2c(c1)CNCCCNC2. The van der Waals surface area contributed by atoms with E-state index in [-0.39, 0.29) is 0 Å². The van der Waals surface area contributed by atoms with Gasteiger partial charge in [-0.2, -0.15) is 0 Å². The number of hydrogen-bond donors (Lipinski definition) is 2. The smallest absolute Gasteiger partial charge is 0.0208 e. The van der Waals surface area contributed by atoms with Crippen LogP contribution in [0, 0.1) is 0 Å². The van der Waals surface area contributed by atoms with Crippen molar-refractivity contribution < 1.29 is 0 Å². The molecule has 1 aromatic rings. The van der Waals surface area contributed by atoms with Crippen LogP contribution in [0.5, 0.6) is 0 Å². The second-order valence-electron chi connectivity index (χ2n) is 3.48. The normalized spacial score (nSPS) is 18.2. The lowest BCUT2D eigenvalue weighted by Gasteiger charge is -2.07. The van der Waals surface area contributed by atoms with E-state index in [1.807, 2.05) is 0 Å². The van der Waals surface area contributed by atoms with Crippen LogP contribution >= 0.6 is 0 Å². The maximum Gasteiger partial charge on any atom is 0.0208 e. The quantitative estimate of drug-likeness (QED) is 0.622. The number of fused-ring (bicyclic) bond motifs is 1. The average molecular weight is 176 g/mol. The van der Waals surface area contributed by atoms with Gasteiger partial charge in [0.05, 0.1) is 0 Å². The number of benzene rings is 1. The molecule has 2 nitrogen and oxygen atoms in total. The van der Waals surface area contributed by atoms with Crippen molar-refractivity contribution in [3.63, 3.8) is 0 Å². The molecule has 13 heavy (non-hydrogen) atoms. The van der Waals surface area contributed by atoms with E-state index in [9.17, 15) is 0 Å². The molecule has 0 radical (unpaired) electrons. The molecule has 1 aliphatic heterocycles. The third-order valence-electron chi connectivity index (χ3n) is 2.46. The third kappa shape index (κ3) is 2.29. The number of rotatable bonds is 0. The van der Waals surface area contributed by atoms with Crippen LogP contribution in [-0.2, 0) is 13.1 Å². The van der Waals surface area contributed by atoms with Crippen molar-refractivity contribution >= 4 is 0 Å². The summed E-state index contributed by atoms with van der Waals surface area (Å²) in [6, 6.07) is 8.63. The molecule has 0 amide bonds. The number of hydrogen-bond acceptors (Lipinski definition) is 2. The molecule has 1 heterocycles. The van der Waals surface area contributed by atoms with Gasteiger partial charge in [0.2, 0.25) is 0 Å². The first-order chi connectivity index (χ1) is 6.47. The van der Waals surface area contributed by atoms with Gasteiger partial charge in [0.15, 0.2) is 0 Å². The van der Waals surface area contributed by atoms with Crippen molar-refractivity contribution in [3.8, 4) is 0 Å². The molecule has 70 valence electrons. The summed E-state index contributed by atoms with van der Waals surface area (Å²) in [5.41, 5.74) is 2.86. The molecule has 1 aromatic carbocycles. The summed E-state index contributed by atoms with van der Waals surface area (Å²) in [5, 5.41) is 6.89. The minimum absolute atomic E-state index is 1.01. The molecule has 0 fully saturated rings. The molecule has 0 aliphatic carbocycles. The van der Waals surface area contributed by atoms with Gasteiger partial charge in [0.25, 0.3) is 0 Å². The molecule has 2 rings (SSSR count). The summed E-state index contributed by atoms with van der Waals surface area (Å²) in [5.74, 6) is 0. The van der Waals surface area contributed by atoms with Crippen LogP contribution in [0.15, 0.2) is 24.3 Å². The Bertz CT molecular complexity index is 244. The standard InChI is InChI=1S/C11H16N2/c1-2-5-11-9-13-7-3-6-12-8-10(11)4-1/h1-2,4-5,12-13H,3,6-9H2. The zero-order valence-electron chi connectivity index (χ0n) is 7.84. The van der Waals surface area contributed by atoms with E-state index in [1.165, 1.54) is 17.5 Å². The zero-order valence-corrected chi connectivity index (χ0v) is 7.84. The van der Waals surface area contributed by atoms with Crippen molar-refractivity contribution in [2.24, 2.45) is 0 Å². The van der Waals surface area contributed by atoms with Gasteiger partial charge in [-0.25, -0.2) is 0 Å². The Morgan fingerprint density at radius 3 is 1.92 bits per heavy atom. The van der Waals surface area contributed by atoms with Crippen LogP contribution in [-0.4, -0.2) is 13.1 Å². The topological polar surface area (TPSA) is 24.1 Å². The minimum Gasteiger partial charge on any atom is -0.313 e. The molecule has 2 N–H and O–H groups in total. The Morgan fingerprint density at radius 2 is 1.38 bits per heavy atom. The molecule has 0 atom stereocenters. The molecular weight excluding hydrogens is 160 g/mol. The summed E-state index contributed by atoms with van der Waals surface area (Å²) in [6.45, 7) is 4.25. The highest BCUT2D eigenvalue weighted by molar-refractivity contribution is 5.26. The largest absolute Gasteiger partial charge is 0.313 e. The summed E-state index contributed by atoms with van der Waals surface area (Å²) >= 11 is 0. The lowest BCUT2D eigenvalue weighted by molar-refractivity contribution is 0.616. The second-order valence-corrected chi connectivity index (χ2v) is 3.48. The summed E-state index contributed by atoms with van der Waals surface area (Å²) in [7, 11) is 0. The fraction of sp³-hybridized carbons (Fsp3) is 0.455. The molecule has 0 spiro atoms. The Balaban J connectivity index is 2.17. The fourth-order valence-electron chi connectivity index (χ4n) is 1.69. The van der Waals surface area contributed by atoms with Gasteiger partial charge < -0.3 is 10.6 Å². The monoisotopic (exact) mass is 176 g/mol. The summed E-state index contributed by atoms with van der Waals surface area (Å²) < 4.78 is 0. The Labute approximate surface area is 79.4 Å². The zero-order chi connectivity index (χ0) is 8.93. The van der Waals surface area contributed by atoms with Crippen LogP contribution in [0.3, 0.4) is 0 Å². The van der Waals surface area contributed by atoms with Gasteiger partial charge in [0.1, 0.15) is 0 Å².